The van der Waals surface area contributed by atoms with Gasteiger partial charge in [-0.1, -0.05) is 0 Å². The van der Waals surface area contributed by atoms with Gasteiger partial charge in [0.05, 0.1) is 0 Å². The fraction of sp³-hybridized carbons (Fsp3) is 0. The van der Waals surface area contributed by atoms with Crippen molar-refractivity contribution < 1.29 is 0 Å². The molecule has 3 heteroatoms. The van der Waals surface area contributed by atoms with Crippen LogP contribution < -0.4 is 0 Å². The topological polar surface area (TPSA) is 15.8 Å². The van der Waals surface area contributed by atoms with Crippen LogP contribution >= 0.6 is 12.4 Å². The van der Waals surface area contributed by atoms with E-state index in [1.165, 1.54) is 0 Å². The number of hydrogen-bond acceptors (Lipinski definition) is 0. The fourth-order valence-electron chi connectivity index (χ4n) is 0.278. The zero-order valence-corrected chi connectivity index (χ0v) is 4.03. The van der Waals surface area contributed by atoms with E-state index in [1.54, 1.807) is 0 Å². The van der Waals surface area contributed by atoms with E-state index in [0.717, 1.165) is 0 Å². The maximum atomic E-state index is 2.86. The standard InChI is InChI=1S/C4H5N.ClH.Mg.2H/c1-2-4-5-3-1;;;;/h1-5H;1H;;;. The number of aromatic amines is 1. The van der Waals surface area contributed by atoms with Crippen LogP contribution in [-0.2, 0) is 0 Å². The summed E-state index contributed by atoms with van der Waals surface area (Å²) < 4.78 is 0. The Kier molecular flexibility index (Phi) is 9.36. The maximum absolute atomic E-state index is 2.86. The van der Waals surface area contributed by atoms with Crippen molar-refractivity contribution in [3.8, 4) is 0 Å². The molecule has 1 heterocycles. The second-order valence-corrected chi connectivity index (χ2v) is 0.885. The molecular formula is C4H8ClMgN. The summed E-state index contributed by atoms with van der Waals surface area (Å²) >= 11 is 0. The number of hydrogen-bond donors (Lipinski definition) is 1. The minimum absolute atomic E-state index is 0. The van der Waals surface area contributed by atoms with E-state index in [1.807, 2.05) is 24.5 Å². The highest BCUT2D eigenvalue weighted by atomic mass is 35.5. The second kappa shape index (κ2) is 6.34. The molecule has 0 saturated carbocycles. The lowest BCUT2D eigenvalue weighted by Gasteiger charge is -1.49. The molecule has 38 valence electrons. The van der Waals surface area contributed by atoms with Gasteiger partial charge in [-0.25, -0.2) is 0 Å². The number of halogens is 1. The molecule has 0 spiro atoms. The van der Waals surface area contributed by atoms with Crippen LogP contribution in [0.1, 0.15) is 0 Å². The summed E-state index contributed by atoms with van der Waals surface area (Å²) in [5.74, 6) is 0. The molecule has 0 unspecified atom stereocenters. The molecule has 7 heavy (non-hydrogen) atoms. The Morgan fingerprint density at radius 2 is 1.43 bits per heavy atom. The first-order chi connectivity index (χ1) is 2.50. The molecule has 1 aromatic rings. The molecule has 0 aliphatic rings. The minimum Gasteiger partial charge on any atom is -0.368 e. The summed E-state index contributed by atoms with van der Waals surface area (Å²) in [5.41, 5.74) is 0. The number of aromatic nitrogens is 1. The highest BCUT2D eigenvalue weighted by Crippen LogP contribution is 1.72. The molecule has 0 bridgehead atoms. The van der Waals surface area contributed by atoms with E-state index in [9.17, 15) is 0 Å². The van der Waals surface area contributed by atoms with Crippen LogP contribution in [0.2, 0.25) is 0 Å². The molecule has 0 fully saturated rings. The summed E-state index contributed by atoms with van der Waals surface area (Å²) in [4.78, 5) is 2.86. The van der Waals surface area contributed by atoms with E-state index in [-0.39, 0.29) is 35.5 Å². The molecular weight excluding hydrogens is 122 g/mol. The van der Waals surface area contributed by atoms with Crippen LogP contribution in [0.5, 0.6) is 0 Å². The van der Waals surface area contributed by atoms with Crippen molar-refractivity contribution in [1.82, 2.24) is 4.98 Å². The van der Waals surface area contributed by atoms with Crippen LogP contribution in [0.4, 0.5) is 0 Å². The summed E-state index contributed by atoms with van der Waals surface area (Å²) in [6.07, 6.45) is 3.75. The van der Waals surface area contributed by atoms with Gasteiger partial charge in [0.25, 0.3) is 0 Å². The zero-order chi connectivity index (χ0) is 3.54. The normalized spacial score (nSPS) is 5.71. The third-order valence-electron chi connectivity index (χ3n) is 0.496. The van der Waals surface area contributed by atoms with Crippen molar-refractivity contribution in [2.75, 3.05) is 0 Å². The molecule has 1 nitrogen and oxygen atoms in total. The predicted octanol–water partition coefficient (Wildman–Crippen LogP) is 0.520. The Morgan fingerprint density at radius 1 is 1.00 bits per heavy atom. The first-order valence-corrected chi connectivity index (χ1v) is 1.58. The van der Waals surface area contributed by atoms with Crippen LogP contribution in [0, 0.1) is 0 Å². The van der Waals surface area contributed by atoms with Gasteiger partial charge < -0.3 is 4.98 Å². The van der Waals surface area contributed by atoms with Crippen molar-refractivity contribution in [3.05, 3.63) is 24.5 Å². The minimum atomic E-state index is 0. The third-order valence-corrected chi connectivity index (χ3v) is 0.496. The van der Waals surface area contributed by atoms with E-state index in [0.29, 0.717) is 0 Å². The first kappa shape index (κ1) is 10.3. The van der Waals surface area contributed by atoms with Gasteiger partial charge in [-0.3, -0.25) is 0 Å². The highest BCUT2D eigenvalue weighted by molar-refractivity contribution is 5.85. The monoisotopic (exact) mass is 129 g/mol. The predicted molar refractivity (Wildman–Crippen MR) is 36.6 cm³/mol. The van der Waals surface area contributed by atoms with E-state index in [4.69, 9.17) is 0 Å². The molecule has 0 aliphatic heterocycles. The molecule has 0 amide bonds. The smallest absolute Gasteiger partial charge is 0.316 e. The fourth-order valence-corrected chi connectivity index (χ4v) is 0.278. The number of nitrogens with one attached hydrogen (secondary N) is 1. The van der Waals surface area contributed by atoms with Gasteiger partial charge in [-0.05, 0) is 12.1 Å². The Morgan fingerprint density at radius 3 is 1.57 bits per heavy atom. The summed E-state index contributed by atoms with van der Waals surface area (Å²) in [6.45, 7) is 0. The lowest BCUT2D eigenvalue weighted by atomic mass is 10.7. The van der Waals surface area contributed by atoms with Crippen molar-refractivity contribution in [2.45, 2.75) is 0 Å². The lowest BCUT2D eigenvalue weighted by Crippen LogP contribution is -1.38. The molecule has 1 N–H and O–H groups in total. The van der Waals surface area contributed by atoms with E-state index >= 15 is 0 Å². The highest BCUT2D eigenvalue weighted by Gasteiger charge is 1.55. The first-order valence-electron chi connectivity index (χ1n) is 1.58. The molecule has 0 atom stereocenters. The van der Waals surface area contributed by atoms with Crippen LogP contribution in [0.15, 0.2) is 24.5 Å². The Labute approximate surface area is 65.1 Å². The van der Waals surface area contributed by atoms with Crippen molar-refractivity contribution in [2.24, 2.45) is 0 Å². The zero-order valence-electron chi connectivity index (χ0n) is 3.22. The third kappa shape index (κ3) is 4.18. The Balaban J connectivity index is 0. The summed E-state index contributed by atoms with van der Waals surface area (Å²) in [5, 5.41) is 0. The summed E-state index contributed by atoms with van der Waals surface area (Å²) in [7, 11) is 0. The van der Waals surface area contributed by atoms with Gasteiger partial charge in [-0.15, -0.1) is 12.4 Å². The second-order valence-electron chi connectivity index (χ2n) is 0.885. The number of rotatable bonds is 0. The average molecular weight is 130 g/mol. The van der Waals surface area contributed by atoms with Gasteiger partial charge in [-0.2, -0.15) is 0 Å². The molecule has 0 saturated heterocycles. The molecule has 0 aromatic carbocycles. The van der Waals surface area contributed by atoms with Gasteiger partial charge >= 0.3 is 23.1 Å². The Bertz CT molecular complexity index is 68.2. The van der Waals surface area contributed by atoms with Gasteiger partial charge in [0.1, 0.15) is 0 Å². The van der Waals surface area contributed by atoms with Crippen molar-refractivity contribution in [3.63, 3.8) is 0 Å². The quantitative estimate of drug-likeness (QED) is 0.492. The van der Waals surface area contributed by atoms with Crippen LogP contribution in [-0.4, -0.2) is 28.0 Å². The average Bonchev–Trinajstić information content (AvgIpc) is 1.76. The molecule has 1 aromatic heterocycles. The number of H-pyrrole nitrogens is 1. The van der Waals surface area contributed by atoms with E-state index in [2.05, 4.69) is 4.98 Å². The van der Waals surface area contributed by atoms with Crippen LogP contribution in [0.3, 0.4) is 0 Å². The molecule has 1 rings (SSSR count). The van der Waals surface area contributed by atoms with Crippen LogP contribution in [0.25, 0.3) is 0 Å². The van der Waals surface area contributed by atoms with Gasteiger partial charge in [0, 0.05) is 12.4 Å². The molecule has 0 radical (unpaired) electrons. The lowest BCUT2D eigenvalue weighted by molar-refractivity contribution is 1.42. The van der Waals surface area contributed by atoms with Crippen molar-refractivity contribution in [1.29, 1.82) is 0 Å². The Hall–Kier alpha value is 0.336. The molecule has 0 aliphatic carbocycles. The summed E-state index contributed by atoms with van der Waals surface area (Å²) in [6, 6.07) is 3.89. The van der Waals surface area contributed by atoms with Crippen molar-refractivity contribution >= 4 is 35.5 Å². The largest absolute Gasteiger partial charge is 0.368 e. The SMILES string of the molecule is Cl.[MgH2].c1cc[nH]c1. The van der Waals surface area contributed by atoms with Gasteiger partial charge in [0.15, 0.2) is 0 Å². The maximum Gasteiger partial charge on any atom is 0.316 e. The van der Waals surface area contributed by atoms with E-state index < -0.39 is 0 Å². The van der Waals surface area contributed by atoms with Gasteiger partial charge in [0.2, 0.25) is 0 Å².